The van der Waals surface area contributed by atoms with Gasteiger partial charge in [0, 0.05) is 13.1 Å². The third-order valence-corrected chi connectivity index (χ3v) is 3.13. The van der Waals surface area contributed by atoms with Crippen molar-refractivity contribution in [2.45, 2.75) is 19.3 Å². The quantitative estimate of drug-likeness (QED) is 0.566. The van der Waals surface area contributed by atoms with Gasteiger partial charge in [0.15, 0.2) is 5.69 Å². The molecule has 0 saturated carbocycles. The maximum Gasteiger partial charge on any atom is 0.285 e. The molecule has 1 aliphatic rings. The lowest BCUT2D eigenvalue weighted by molar-refractivity contribution is 0.0745. The molecule has 1 fully saturated rings. The third-order valence-electron chi connectivity index (χ3n) is 2.82. The van der Waals surface area contributed by atoms with Gasteiger partial charge in [-0.3, -0.25) is 10.2 Å². The predicted molar refractivity (Wildman–Crippen MR) is 69.9 cm³/mol. The van der Waals surface area contributed by atoms with Crippen LogP contribution in [0, 0.1) is 0 Å². The summed E-state index contributed by atoms with van der Waals surface area (Å²) >= 11 is 5.96. The molecule has 1 amide bonds. The second-order valence-electron chi connectivity index (χ2n) is 4.16. The molecule has 0 aliphatic carbocycles. The molecule has 1 aliphatic heterocycles. The van der Waals surface area contributed by atoms with Gasteiger partial charge in [0.1, 0.15) is 5.82 Å². The first-order valence-corrected chi connectivity index (χ1v) is 6.27. The summed E-state index contributed by atoms with van der Waals surface area (Å²) in [6, 6.07) is 3.20. The van der Waals surface area contributed by atoms with Gasteiger partial charge in [0.2, 0.25) is 0 Å². The van der Waals surface area contributed by atoms with Crippen molar-refractivity contribution >= 4 is 23.3 Å². The van der Waals surface area contributed by atoms with Crippen molar-refractivity contribution in [2.75, 3.05) is 18.5 Å². The average Bonchev–Trinajstić information content (AvgIpc) is 2.40. The molecule has 1 aromatic heterocycles. The molecule has 98 valence electrons. The van der Waals surface area contributed by atoms with Crippen LogP contribution < -0.4 is 16.7 Å². The number of carbonyl (C=O) groups excluding carboxylic acids is 1. The molecule has 18 heavy (non-hydrogen) atoms. The number of pyridine rings is 1. The fraction of sp³-hybridized carbons (Fsp3) is 0.455. The van der Waals surface area contributed by atoms with E-state index in [-0.39, 0.29) is 11.6 Å². The molecule has 0 radical (unpaired) electrons. The number of carbonyl (C=O) groups is 1. The zero-order chi connectivity index (χ0) is 13.0. The van der Waals surface area contributed by atoms with Crippen LogP contribution in [0.1, 0.15) is 29.8 Å². The monoisotopic (exact) mass is 269 g/mol. The Bertz CT molecular complexity index is 433. The van der Waals surface area contributed by atoms with Gasteiger partial charge < -0.3 is 5.43 Å². The number of aromatic nitrogens is 1. The van der Waals surface area contributed by atoms with Crippen LogP contribution in [-0.4, -0.2) is 29.0 Å². The fourth-order valence-electron chi connectivity index (χ4n) is 1.88. The minimum Gasteiger partial charge on any atom is -0.308 e. The summed E-state index contributed by atoms with van der Waals surface area (Å²) in [4.78, 5) is 16.1. The molecule has 0 atom stereocenters. The normalized spacial score (nSPS) is 16.3. The number of anilines is 1. The maximum atomic E-state index is 12.0. The molecule has 1 aromatic rings. The van der Waals surface area contributed by atoms with Crippen LogP contribution in [0.5, 0.6) is 0 Å². The molecular formula is C11H16ClN5O. The number of hydrazine groups is 2. The zero-order valence-corrected chi connectivity index (χ0v) is 10.7. The Morgan fingerprint density at radius 2 is 2.06 bits per heavy atom. The van der Waals surface area contributed by atoms with Crippen LogP contribution >= 0.6 is 11.6 Å². The van der Waals surface area contributed by atoms with Crippen molar-refractivity contribution in [3.05, 3.63) is 22.8 Å². The second kappa shape index (κ2) is 5.99. The van der Waals surface area contributed by atoms with Crippen LogP contribution in [0.25, 0.3) is 0 Å². The summed E-state index contributed by atoms with van der Waals surface area (Å²) in [7, 11) is 0. The maximum absolute atomic E-state index is 12.0. The standard InChI is InChI=1S/C11H16ClN5O/c12-8-4-5-9(15-13)14-10(8)11(18)16-17-6-2-1-3-7-17/h4-5H,1-3,6-7,13H2,(H,14,15)(H,16,18). The van der Waals surface area contributed by atoms with E-state index in [9.17, 15) is 4.79 Å². The van der Waals surface area contributed by atoms with Gasteiger partial charge >= 0.3 is 0 Å². The third kappa shape index (κ3) is 3.10. The van der Waals surface area contributed by atoms with Crippen molar-refractivity contribution in [2.24, 2.45) is 5.84 Å². The van der Waals surface area contributed by atoms with Crippen LogP contribution in [0.2, 0.25) is 5.02 Å². The van der Waals surface area contributed by atoms with E-state index in [4.69, 9.17) is 17.4 Å². The van der Waals surface area contributed by atoms with Gasteiger partial charge in [-0.05, 0) is 25.0 Å². The minimum atomic E-state index is -0.306. The Morgan fingerprint density at radius 1 is 1.33 bits per heavy atom. The lowest BCUT2D eigenvalue weighted by Gasteiger charge is -2.26. The lowest BCUT2D eigenvalue weighted by Crippen LogP contribution is -2.45. The van der Waals surface area contributed by atoms with E-state index in [1.807, 2.05) is 5.01 Å². The molecule has 7 heteroatoms. The summed E-state index contributed by atoms with van der Waals surface area (Å²) in [6.07, 6.45) is 3.38. The molecule has 6 nitrogen and oxygen atoms in total. The van der Waals surface area contributed by atoms with E-state index in [1.54, 1.807) is 12.1 Å². The van der Waals surface area contributed by atoms with E-state index in [0.29, 0.717) is 10.8 Å². The number of hydrogen-bond acceptors (Lipinski definition) is 5. The highest BCUT2D eigenvalue weighted by molar-refractivity contribution is 6.33. The number of rotatable bonds is 3. The first kappa shape index (κ1) is 13.1. The molecule has 1 saturated heterocycles. The van der Waals surface area contributed by atoms with E-state index < -0.39 is 0 Å². The molecule has 4 N–H and O–H groups in total. The number of nitrogens with zero attached hydrogens (tertiary/aromatic N) is 2. The van der Waals surface area contributed by atoms with Gasteiger partial charge in [-0.1, -0.05) is 18.0 Å². The van der Waals surface area contributed by atoms with Crippen LogP contribution in [0.3, 0.4) is 0 Å². The van der Waals surface area contributed by atoms with Crippen molar-refractivity contribution in [1.82, 2.24) is 15.4 Å². The molecule has 0 aromatic carbocycles. The molecule has 0 spiro atoms. The topological polar surface area (TPSA) is 83.3 Å². The molecule has 2 heterocycles. The van der Waals surface area contributed by atoms with Crippen molar-refractivity contribution in [3.63, 3.8) is 0 Å². The number of nitrogens with one attached hydrogen (secondary N) is 2. The summed E-state index contributed by atoms with van der Waals surface area (Å²) < 4.78 is 0. The molecule has 2 rings (SSSR count). The number of nitrogen functional groups attached to an aromatic ring is 1. The number of amides is 1. The Kier molecular flexibility index (Phi) is 4.35. The SMILES string of the molecule is NNc1ccc(Cl)c(C(=O)NN2CCCCC2)n1. The Labute approximate surface area is 110 Å². The van der Waals surface area contributed by atoms with Gasteiger partial charge in [0.25, 0.3) is 5.91 Å². The largest absolute Gasteiger partial charge is 0.308 e. The van der Waals surface area contributed by atoms with Gasteiger partial charge in [0.05, 0.1) is 5.02 Å². The van der Waals surface area contributed by atoms with E-state index >= 15 is 0 Å². The molecule has 0 unspecified atom stereocenters. The van der Waals surface area contributed by atoms with Crippen molar-refractivity contribution < 1.29 is 4.79 Å². The Balaban J connectivity index is 2.07. The smallest absolute Gasteiger partial charge is 0.285 e. The number of piperidine rings is 1. The van der Waals surface area contributed by atoms with Crippen LogP contribution in [0.15, 0.2) is 12.1 Å². The fourth-order valence-corrected chi connectivity index (χ4v) is 2.08. The van der Waals surface area contributed by atoms with Crippen molar-refractivity contribution in [3.8, 4) is 0 Å². The minimum absolute atomic E-state index is 0.178. The van der Waals surface area contributed by atoms with Gasteiger partial charge in [-0.15, -0.1) is 0 Å². The summed E-state index contributed by atoms with van der Waals surface area (Å²) in [5, 5.41) is 2.20. The Hall–Kier alpha value is -1.37. The number of nitrogens with two attached hydrogens (primary N) is 1. The van der Waals surface area contributed by atoms with Crippen LogP contribution in [0.4, 0.5) is 5.82 Å². The van der Waals surface area contributed by atoms with Crippen LogP contribution in [-0.2, 0) is 0 Å². The zero-order valence-electron chi connectivity index (χ0n) is 9.95. The first-order valence-electron chi connectivity index (χ1n) is 5.90. The van der Waals surface area contributed by atoms with E-state index in [2.05, 4.69) is 15.8 Å². The van der Waals surface area contributed by atoms with Gasteiger partial charge in [-0.2, -0.15) is 0 Å². The second-order valence-corrected chi connectivity index (χ2v) is 4.57. The first-order chi connectivity index (χ1) is 8.70. The highest BCUT2D eigenvalue weighted by Crippen LogP contribution is 2.16. The van der Waals surface area contributed by atoms with Crippen molar-refractivity contribution in [1.29, 1.82) is 0 Å². The highest BCUT2D eigenvalue weighted by atomic mass is 35.5. The van der Waals surface area contributed by atoms with E-state index in [0.717, 1.165) is 25.9 Å². The van der Waals surface area contributed by atoms with E-state index in [1.165, 1.54) is 6.42 Å². The molecule has 0 bridgehead atoms. The predicted octanol–water partition coefficient (Wildman–Crippen LogP) is 1.15. The highest BCUT2D eigenvalue weighted by Gasteiger charge is 2.17. The van der Waals surface area contributed by atoms with Gasteiger partial charge in [-0.25, -0.2) is 15.8 Å². The molecular weight excluding hydrogens is 254 g/mol. The number of hydrogen-bond donors (Lipinski definition) is 3. The lowest BCUT2D eigenvalue weighted by atomic mass is 10.2. The average molecular weight is 270 g/mol. The summed E-state index contributed by atoms with van der Waals surface area (Å²) in [5.41, 5.74) is 5.37. The number of halogens is 1. The Morgan fingerprint density at radius 3 is 2.72 bits per heavy atom. The summed E-state index contributed by atoms with van der Waals surface area (Å²) in [5.74, 6) is 5.35. The summed E-state index contributed by atoms with van der Waals surface area (Å²) in [6.45, 7) is 1.72.